The van der Waals surface area contributed by atoms with Crippen molar-refractivity contribution < 1.29 is 11.4 Å². The maximum Gasteiger partial charge on any atom is 0.0682 e. The monoisotopic (exact) mass is 149 g/mol. The van der Waals surface area contributed by atoms with Crippen molar-refractivity contribution in [1.82, 2.24) is 5.48 Å². The summed E-state index contributed by atoms with van der Waals surface area (Å²) in [7, 11) is 0. The first-order valence-corrected chi connectivity index (χ1v) is 3.87. The van der Waals surface area contributed by atoms with Gasteiger partial charge in [0, 0.05) is 7.97 Å². The fourth-order valence-electron chi connectivity index (χ4n) is 0.614. The molecule has 0 unspecified atom stereocenters. The van der Waals surface area contributed by atoms with Gasteiger partial charge in [-0.1, -0.05) is 19.8 Å². The van der Waals surface area contributed by atoms with E-state index in [1.807, 2.05) is 0 Å². The Hall–Kier alpha value is -0.120. The molecule has 0 aliphatic carbocycles. The zero-order valence-electron chi connectivity index (χ0n) is 6.60. The van der Waals surface area contributed by atoms with Crippen molar-refractivity contribution in [2.45, 2.75) is 26.2 Å². The van der Waals surface area contributed by atoms with Crippen LogP contribution in [-0.2, 0) is 4.84 Å². The number of aliphatic hydroxyl groups excluding tert-OH is 1. The SMILES string of the molecule is CCCCCONCCO.[HH]. The Balaban J connectivity index is 0. The van der Waals surface area contributed by atoms with Crippen LogP contribution in [0.15, 0.2) is 0 Å². The van der Waals surface area contributed by atoms with Gasteiger partial charge in [-0.2, -0.15) is 0 Å². The number of hydroxylamine groups is 1. The van der Waals surface area contributed by atoms with E-state index >= 15 is 0 Å². The van der Waals surface area contributed by atoms with Gasteiger partial charge in [0.25, 0.3) is 0 Å². The molecular weight excluding hydrogens is 130 g/mol. The number of rotatable bonds is 7. The first-order valence-electron chi connectivity index (χ1n) is 3.87. The molecule has 0 radical (unpaired) electrons. The van der Waals surface area contributed by atoms with Crippen LogP contribution < -0.4 is 5.48 Å². The summed E-state index contributed by atoms with van der Waals surface area (Å²) in [6.07, 6.45) is 3.51. The standard InChI is InChI=1S/C7H17NO2.H2/c1-2-3-4-7-10-8-5-6-9;/h8-9H,2-7H2,1H3;1H. The highest BCUT2D eigenvalue weighted by Gasteiger charge is 1.85. The Morgan fingerprint density at radius 1 is 1.50 bits per heavy atom. The Morgan fingerprint density at radius 3 is 2.90 bits per heavy atom. The molecule has 64 valence electrons. The average Bonchev–Trinajstić information content (AvgIpc) is 1.97. The number of hydrogen-bond donors (Lipinski definition) is 2. The molecule has 0 amide bonds. The van der Waals surface area contributed by atoms with Crippen molar-refractivity contribution in [2.24, 2.45) is 0 Å². The van der Waals surface area contributed by atoms with Crippen molar-refractivity contribution in [2.75, 3.05) is 19.8 Å². The van der Waals surface area contributed by atoms with E-state index in [9.17, 15) is 0 Å². The molecule has 0 aromatic heterocycles. The molecule has 0 aliphatic rings. The Bertz CT molecular complexity index is 56.4. The largest absolute Gasteiger partial charge is 0.395 e. The predicted molar refractivity (Wildman–Crippen MR) is 42.7 cm³/mol. The molecule has 0 saturated heterocycles. The maximum atomic E-state index is 8.33. The van der Waals surface area contributed by atoms with E-state index in [0.29, 0.717) is 6.54 Å². The van der Waals surface area contributed by atoms with Gasteiger partial charge < -0.3 is 9.94 Å². The number of unbranched alkanes of at least 4 members (excludes halogenated alkanes) is 2. The van der Waals surface area contributed by atoms with E-state index in [1.54, 1.807) is 0 Å². The lowest BCUT2D eigenvalue weighted by Crippen LogP contribution is -2.19. The molecule has 0 fully saturated rings. The van der Waals surface area contributed by atoms with Crippen LogP contribution in [0.25, 0.3) is 0 Å². The van der Waals surface area contributed by atoms with Crippen LogP contribution in [0.5, 0.6) is 0 Å². The van der Waals surface area contributed by atoms with E-state index in [2.05, 4.69) is 12.4 Å². The van der Waals surface area contributed by atoms with Crippen LogP contribution in [0.2, 0.25) is 0 Å². The van der Waals surface area contributed by atoms with Crippen LogP contribution in [0.3, 0.4) is 0 Å². The molecule has 0 saturated carbocycles. The van der Waals surface area contributed by atoms with Gasteiger partial charge >= 0.3 is 0 Å². The van der Waals surface area contributed by atoms with Crippen LogP contribution in [0, 0.1) is 0 Å². The van der Waals surface area contributed by atoms with Crippen molar-refractivity contribution >= 4 is 0 Å². The lowest BCUT2D eigenvalue weighted by Gasteiger charge is -2.02. The summed E-state index contributed by atoms with van der Waals surface area (Å²) in [4.78, 5) is 4.97. The second-order valence-corrected chi connectivity index (χ2v) is 2.17. The highest BCUT2D eigenvalue weighted by Crippen LogP contribution is 1.92. The summed E-state index contributed by atoms with van der Waals surface area (Å²) in [5, 5.41) is 8.33. The van der Waals surface area contributed by atoms with E-state index in [0.717, 1.165) is 13.0 Å². The summed E-state index contributed by atoms with van der Waals surface area (Å²) in [5.74, 6) is 0. The fraction of sp³-hybridized carbons (Fsp3) is 1.00. The van der Waals surface area contributed by atoms with Gasteiger partial charge in [0.15, 0.2) is 0 Å². The molecule has 0 bridgehead atoms. The third-order valence-corrected chi connectivity index (χ3v) is 1.17. The van der Waals surface area contributed by atoms with Crippen molar-refractivity contribution in [3.8, 4) is 0 Å². The summed E-state index contributed by atoms with van der Waals surface area (Å²) in [6, 6.07) is 0. The summed E-state index contributed by atoms with van der Waals surface area (Å²) in [5.41, 5.74) is 2.64. The predicted octanol–water partition coefficient (Wildman–Crippen LogP) is 0.936. The second-order valence-electron chi connectivity index (χ2n) is 2.17. The molecule has 0 aliphatic heterocycles. The van der Waals surface area contributed by atoms with Gasteiger partial charge in [0.05, 0.1) is 13.2 Å². The van der Waals surface area contributed by atoms with Crippen molar-refractivity contribution in [3.63, 3.8) is 0 Å². The smallest absolute Gasteiger partial charge is 0.0682 e. The first-order chi connectivity index (χ1) is 4.91. The van der Waals surface area contributed by atoms with Gasteiger partial charge in [0.2, 0.25) is 0 Å². The fourth-order valence-corrected chi connectivity index (χ4v) is 0.614. The van der Waals surface area contributed by atoms with Gasteiger partial charge in [0.1, 0.15) is 0 Å². The number of aliphatic hydroxyl groups is 1. The van der Waals surface area contributed by atoms with Crippen LogP contribution in [-0.4, -0.2) is 24.9 Å². The van der Waals surface area contributed by atoms with Crippen molar-refractivity contribution in [3.05, 3.63) is 0 Å². The third-order valence-electron chi connectivity index (χ3n) is 1.17. The number of hydrogen-bond acceptors (Lipinski definition) is 3. The molecule has 0 spiro atoms. The lowest BCUT2D eigenvalue weighted by atomic mass is 10.3. The molecule has 0 rings (SSSR count). The Labute approximate surface area is 63.8 Å². The average molecular weight is 149 g/mol. The third kappa shape index (κ3) is 7.88. The maximum absolute atomic E-state index is 8.33. The molecule has 0 aromatic rings. The molecule has 10 heavy (non-hydrogen) atoms. The Kier molecular flexibility index (Phi) is 8.77. The normalized spacial score (nSPS) is 10.2. The molecular formula is C7H19NO2. The Morgan fingerprint density at radius 2 is 2.30 bits per heavy atom. The van der Waals surface area contributed by atoms with Crippen LogP contribution >= 0.6 is 0 Å². The summed E-state index contributed by atoms with van der Waals surface area (Å²) >= 11 is 0. The highest BCUT2D eigenvalue weighted by molar-refractivity contribution is 4.34. The van der Waals surface area contributed by atoms with Gasteiger partial charge in [-0.3, -0.25) is 0 Å². The van der Waals surface area contributed by atoms with Crippen LogP contribution in [0.4, 0.5) is 0 Å². The summed E-state index contributed by atoms with van der Waals surface area (Å²) in [6.45, 7) is 3.55. The van der Waals surface area contributed by atoms with Gasteiger partial charge in [-0.15, -0.1) is 0 Å². The minimum absolute atomic E-state index is 0. The van der Waals surface area contributed by atoms with E-state index in [4.69, 9.17) is 9.94 Å². The van der Waals surface area contributed by atoms with E-state index < -0.39 is 0 Å². The minimum Gasteiger partial charge on any atom is -0.395 e. The quantitative estimate of drug-likeness (QED) is 0.418. The van der Waals surface area contributed by atoms with Gasteiger partial charge in [-0.25, -0.2) is 5.48 Å². The minimum atomic E-state index is 0. The topological polar surface area (TPSA) is 41.5 Å². The number of nitrogens with one attached hydrogen (secondary N) is 1. The summed E-state index contributed by atoms with van der Waals surface area (Å²) < 4.78 is 0. The zero-order valence-corrected chi connectivity index (χ0v) is 6.60. The molecule has 2 N–H and O–H groups in total. The van der Waals surface area contributed by atoms with Gasteiger partial charge in [-0.05, 0) is 6.42 Å². The lowest BCUT2D eigenvalue weighted by molar-refractivity contribution is 0.0299. The molecule has 3 nitrogen and oxygen atoms in total. The molecule has 0 aromatic carbocycles. The van der Waals surface area contributed by atoms with E-state index in [1.165, 1.54) is 12.8 Å². The zero-order chi connectivity index (χ0) is 7.66. The van der Waals surface area contributed by atoms with E-state index in [-0.39, 0.29) is 8.03 Å². The molecule has 0 atom stereocenters. The van der Waals surface area contributed by atoms with Crippen molar-refractivity contribution in [1.29, 1.82) is 0 Å². The second kappa shape index (κ2) is 8.88. The first kappa shape index (κ1) is 9.88. The highest BCUT2D eigenvalue weighted by atomic mass is 16.6. The molecule has 3 heteroatoms. The van der Waals surface area contributed by atoms with Crippen LogP contribution in [0.1, 0.15) is 27.6 Å². The molecule has 0 heterocycles.